The van der Waals surface area contributed by atoms with Gasteiger partial charge in [0, 0.05) is 18.1 Å². The molecule has 1 aliphatic rings. The number of carbonyl (C=O) groups excluding carboxylic acids is 1. The molecule has 2 aromatic carbocycles. The lowest BCUT2D eigenvalue weighted by Crippen LogP contribution is -2.44. The first kappa shape index (κ1) is 22.1. The third-order valence-corrected chi connectivity index (χ3v) is 7.88. The molecule has 1 N–H and O–H groups in total. The minimum atomic E-state index is -3.69. The van der Waals surface area contributed by atoms with E-state index in [1.54, 1.807) is 18.2 Å². The first-order valence-electron chi connectivity index (χ1n) is 9.43. The van der Waals surface area contributed by atoms with Gasteiger partial charge in [-0.2, -0.15) is 4.31 Å². The van der Waals surface area contributed by atoms with Crippen LogP contribution in [0, 0.1) is 26.7 Å². The number of anilines is 1. The van der Waals surface area contributed by atoms with Gasteiger partial charge in [-0.1, -0.05) is 40.9 Å². The summed E-state index contributed by atoms with van der Waals surface area (Å²) < 4.78 is 28.1. The largest absolute Gasteiger partial charge is 0.324 e. The van der Waals surface area contributed by atoms with Crippen LogP contribution in [0.2, 0.25) is 10.0 Å². The molecule has 1 amide bonds. The van der Waals surface area contributed by atoms with Gasteiger partial charge in [0.2, 0.25) is 15.9 Å². The molecule has 0 aliphatic carbocycles. The number of sulfonamides is 1. The second-order valence-corrected chi connectivity index (χ2v) is 10.3. The second kappa shape index (κ2) is 8.64. The van der Waals surface area contributed by atoms with Crippen LogP contribution >= 0.6 is 23.2 Å². The molecule has 1 saturated heterocycles. The highest BCUT2D eigenvalue weighted by atomic mass is 35.5. The van der Waals surface area contributed by atoms with E-state index < -0.39 is 15.9 Å². The van der Waals surface area contributed by atoms with Crippen LogP contribution in [-0.2, 0) is 14.8 Å². The quantitative estimate of drug-likeness (QED) is 0.709. The Bertz CT molecular complexity index is 1030. The number of halogens is 2. The summed E-state index contributed by atoms with van der Waals surface area (Å²) in [6.45, 7) is 6.10. The molecular weight excluding hydrogens is 431 g/mol. The van der Waals surface area contributed by atoms with E-state index in [-0.39, 0.29) is 12.5 Å². The van der Waals surface area contributed by atoms with E-state index in [0.717, 1.165) is 16.7 Å². The summed E-state index contributed by atoms with van der Waals surface area (Å²) in [5, 5.41) is 3.63. The van der Waals surface area contributed by atoms with Gasteiger partial charge in [-0.3, -0.25) is 4.79 Å². The third kappa shape index (κ3) is 4.77. The van der Waals surface area contributed by atoms with Gasteiger partial charge >= 0.3 is 0 Å². The highest BCUT2D eigenvalue weighted by Gasteiger charge is 2.35. The zero-order valence-electron chi connectivity index (χ0n) is 16.6. The summed E-state index contributed by atoms with van der Waals surface area (Å²) in [6.07, 6.45) is 1.23. The second-order valence-electron chi connectivity index (χ2n) is 7.54. The molecule has 5 nitrogen and oxygen atoms in total. The number of carbonyl (C=O) groups is 1. The Balaban J connectivity index is 1.81. The van der Waals surface area contributed by atoms with Crippen LogP contribution in [0.15, 0.2) is 35.2 Å². The number of nitrogens with one attached hydrogen (secondary N) is 1. The summed E-state index contributed by atoms with van der Waals surface area (Å²) in [5.74, 6) is -0.717. The molecule has 1 heterocycles. The highest BCUT2D eigenvalue weighted by molar-refractivity contribution is 7.89. The van der Waals surface area contributed by atoms with Crippen LogP contribution in [0.4, 0.5) is 5.69 Å². The van der Waals surface area contributed by atoms with E-state index >= 15 is 0 Å². The molecule has 0 unspecified atom stereocenters. The van der Waals surface area contributed by atoms with Crippen molar-refractivity contribution >= 4 is 44.8 Å². The number of aryl methyl sites for hydroxylation is 3. The van der Waals surface area contributed by atoms with Crippen molar-refractivity contribution in [1.82, 2.24) is 4.31 Å². The Labute approximate surface area is 182 Å². The zero-order chi connectivity index (χ0) is 21.3. The monoisotopic (exact) mass is 454 g/mol. The van der Waals surface area contributed by atoms with Crippen molar-refractivity contribution in [2.75, 3.05) is 18.4 Å². The van der Waals surface area contributed by atoms with E-state index in [2.05, 4.69) is 5.32 Å². The topological polar surface area (TPSA) is 66.5 Å². The Morgan fingerprint density at radius 1 is 1.10 bits per heavy atom. The Morgan fingerprint density at radius 3 is 2.41 bits per heavy atom. The summed E-state index contributed by atoms with van der Waals surface area (Å²) >= 11 is 12.1. The van der Waals surface area contributed by atoms with Crippen LogP contribution < -0.4 is 5.32 Å². The molecule has 0 aromatic heterocycles. The predicted molar refractivity (Wildman–Crippen MR) is 117 cm³/mol. The molecule has 3 rings (SSSR count). The average Bonchev–Trinajstić information content (AvgIpc) is 2.63. The van der Waals surface area contributed by atoms with Crippen LogP contribution in [0.25, 0.3) is 0 Å². The predicted octanol–water partition coefficient (Wildman–Crippen LogP) is 4.96. The van der Waals surface area contributed by atoms with E-state index in [1.165, 1.54) is 4.31 Å². The fourth-order valence-corrected chi connectivity index (χ4v) is 6.18. The molecule has 1 fully saturated rings. The van der Waals surface area contributed by atoms with Crippen molar-refractivity contribution in [3.63, 3.8) is 0 Å². The lowest BCUT2D eigenvalue weighted by atomic mass is 9.98. The van der Waals surface area contributed by atoms with E-state index in [4.69, 9.17) is 23.2 Å². The minimum Gasteiger partial charge on any atom is -0.324 e. The average molecular weight is 455 g/mol. The van der Waals surface area contributed by atoms with Gasteiger partial charge in [-0.05, 0) is 62.9 Å². The van der Waals surface area contributed by atoms with Crippen molar-refractivity contribution in [2.24, 2.45) is 5.92 Å². The van der Waals surface area contributed by atoms with Crippen molar-refractivity contribution in [3.05, 3.63) is 57.1 Å². The van der Waals surface area contributed by atoms with Crippen molar-refractivity contribution in [3.8, 4) is 0 Å². The lowest BCUT2D eigenvalue weighted by Gasteiger charge is -2.32. The number of hydrogen-bond donors (Lipinski definition) is 1. The standard InChI is InChI=1S/C21H24Cl2N2O3S/c1-13-9-14(2)20(15(3)10-13)29(27,28)25-8-4-5-16(12-25)21(26)24-19-11-17(22)6-7-18(19)23/h6-7,9-11,16H,4-5,8,12H2,1-3H3,(H,24,26)/t16-/m0/s1. The van der Waals surface area contributed by atoms with Gasteiger partial charge in [0.25, 0.3) is 0 Å². The molecule has 0 bridgehead atoms. The summed E-state index contributed by atoms with van der Waals surface area (Å²) in [4.78, 5) is 13.1. The fourth-order valence-electron chi connectivity index (χ4n) is 3.91. The first-order valence-corrected chi connectivity index (χ1v) is 11.6. The maximum atomic E-state index is 13.3. The highest BCUT2D eigenvalue weighted by Crippen LogP contribution is 2.30. The zero-order valence-corrected chi connectivity index (χ0v) is 19.0. The number of benzene rings is 2. The van der Waals surface area contributed by atoms with E-state index in [1.807, 2.05) is 32.9 Å². The summed E-state index contributed by atoms with van der Waals surface area (Å²) in [7, 11) is -3.69. The molecule has 2 aromatic rings. The normalized spacial score (nSPS) is 17.9. The molecule has 0 spiro atoms. The lowest BCUT2D eigenvalue weighted by molar-refractivity contribution is -0.120. The number of hydrogen-bond acceptors (Lipinski definition) is 3. The van der Waals surface area contributed by atoms with Gasteiger partial charge in [-0.25, -0.2) is 8.42 Å². The SMILES string of the molecule is Cc1cc(C)c(S(=O)(=O)N2CCC[C@H](C(=O)Nc3cc(Cl)ccc3Cl)C2)c(C)c1. The molecule has 1 aliphatic heterocycles. The first-order chi connectivity index (χ1) is 13.6. The number of nitrogens with zero attached hydrogens (tertiary/aromatic N) is 1. The van der Waals surface area contributed by atoms with Gasteiger partial charge in [0.05, 0.1) is 21.5 Å². The fraction of sp³-hybridized carbons (Fsp3) is 0.381. The molecular formula is C21H24Cl2N2O3S. The maximum Gasteiger partial charge on any atom is 0.243 e. The number of piperidine rings is 1. The summed E-state index contributed by atoms with van der Waals surface area (Å²) in [5.41, 5.74) is 2.89. The molecule has 156 valence electrons. The van der Waals surface area contributed by atoms with Crippen molar-refractivity contribution in [2.45, 2.75) is 38.5 Å². The summed E-state index contributed by atoms with van der Waals surface area (Å²) in [6, 6.07) is 8.57. The third-order valence-electron chi connectivity index (χ3n) is 5.14. The van der Waals surface area contributed by atoms with Crippen LogP contribution in [-0.4, -0.2) is 31.7 Å². The van der Waals surface area contributed by atoms with Crippen LogP contribution in [0.1, 0.15) is 29.5 Å². The van der Waals surface area contributed by atoms with Gasteiger partial charge in [0.1, 0.15) is 0 Å². The van der Waals surface area contributed by atoms with Crippen LogP contribution in [0.3, 0.4) is 0 Å². The molecule has 0 radical (unpaired) electrons. The number of amides is 1. The smallest absolute Gasteiger partial charge is 0.243 e. The Kier molecular flexibility index (Phi) is 6.58. The maximum absolute atomic E-state index is 13.3. The molecule has 1 atom stereocenters. The molecule has 29 heavy (non-hydrogen) atoms. The van der Waals surface area contributed by atoms with E-state index in [9.17, 15) is 13.2 Å². The molecule has 8 heteroatoms. The Morgan fingerprint density at radius 2 is 1.76 bits per heavy atom. The van der Waals surface area contributed by atoms with Gasteiger partial charge < -0.3 is 5.32 Å². The molecule has 0 saturated carbocycles. The van der Waals surface area contributed by atoms with E-state index in [0.29, 0.717) is 40.0 Å². The number of rotatable bonds is 4. The Hall–Kier alpha value is -1.60. The van der Waals surface area contributed by atoms with Crippen molar-refractivity contribution in [1.29, 1.82) is 0 Å². The van der Waals surface area contributed by atoms with Gasteiger partial charge in [0.15, 0.2) is 0 Å². The van der Waals surface area contributed by atoms with Gasteiger partial charge in [-0.15, -0.1) is 0 Å². The minimum absolute atomic E-state index is 0.138. The van der Waals surface area contributed by atoms with Crippen molar-refractivity contribution < 1.29 is 13.2 Å². The van der Waals surface area contributed by atoms with Crippen LogP contribution in [0.5, 0.6) is 0 Å².